The molecule has 6 heteroatoms. The fourth-order valence-corrected chi connectivity index (χ4v) is 2.12. The number of hydrogen-bond donors (Lipinski definition) is 1. The van der Waals surface area contributed by atoms with E-state index in [1.54, 1.807) is 13.8 Å². The maximum Gasteiger partial charge on any atom is 0.335 e. The molecule has 1 aliphatic rings. The van der Waals surface area contributed by atoms with Crippen LogP contribution in [0.1, 0.15) is 13.8 Å². The molecule has 0 aromatic carbocycles. The van der Waals surface area contributed by atoms with Crippen LogP contribution < -0.4 is 0 Å². The second-order valence-corrected chi connectivity index (χ2v) is 4.64. The summed E-state index contributed by atoms with van der Waals surface area (Å²) in [7, 11) is 2.54. The number of carbonyl (C=O) groups is 2. The highest BCUT2D eigenvalue weighted by molar-refractivity contribution is 5.81. The summed E-state index contributed by atoms with van der Waals surface area (Å²) in [5.74, 6) is -1.66. The van der Waals surface area contributed by atoms with Gasteiger partial charge in [0.1, 0.15) is 0 Å². The number of rotatable bonds is 3. The summed E-state index contributed by atoms with van der Waals surface area (Å²) in [6, 6.07) is 0. The lowest BCUT2D eigenvalue weighted by molar-refractivity contribution is -0.185. The Balaban J connectivity index is 2.84. The molecule has 1 N–H and O–H groups in total. The van der Waals surface area contributed by atoms with Crippen molar-refractivity contribution in [3.05, 3.63) is 12.2 Å². The number of methoxy groups -OCH3 is 2. The molecule has 0 bridgehead atoms. The van der Waals surface area contributed by atoms with E-state index in [0.29, 0.717) is 0 Å². The third kappa shape index (κ3) is 3.54. The highest BCUT2D eigenvalue weighted by Gasteiger charge is 2.43. The van der Waals surface area contributed by atoms with Crippen LogP contribution in [-0.2, 0) is 23.8 Å². The van der Waals surface area contributed by atoms with E-state index in [1.165, 1.54) is 26.4 Å². The van der Waals surface area contributed by atoms with E-state index in [2.05, 4.69) is 9.47 Å². The zero-order valence-corrected chi connectivity index (χ0v) is 11.5. The lowest BCUT2D eigenvalue weighted by Crippen LogP contribution is -2.51. The van der Waals surface area contributed by atoms with Gasteiger partial charge in [0.25, 0.3) is 0 Å². The number of esters is 2. The highest BCUT2D eigenvalue weighted by atomic mass is 16.6. The maximum absolute atomic E-state index is 11.6. The van der Waals surface area contributed by atoms with Crippen LogP contribution in [0.5, 0.6) is 0 Å². The Morgan fingerprint density at radius 3 is 2.32 bits per heavy atom. The van der Waals surface area contributed by atoms with Crippen molar-refractivity contribution in [3.63, 3.8) is 0 Å². The van der Waals surface area contributed by atoms with Crippen molar-refractivity contribution >= 4 is 11.9 Å². The standard InChI is InChI=1S/C13H20O6/c1-7-9(5-6-10(14)17-3)19-12(13(16)18-4)8(2)11(7)15/h5-9,11-12,15H,1-4H3/b6-5+/t7-,8-,9?,11-,12+/m1/s1. The molecule has 1 rings (SSSR count). The molecule has 0 radical (unpaired) electrons. The van der Waals surface area contributed by atoms with E-state index in [1.807, 2.05) is 0 Å². The number of ether oxygens (including phenoxy) is 3. The fourth-order valence-electron chi connectivity index (χ4n) is 2.12. The molecular formula is C13H20O6. The molecule has 0 aliphatic carbocycles. The first-order valence-electron chi connectivity index (χ1n) is 6.09. The minimum absolute atomic E-state index is 0.239. The van der Waals surface area contributed by atoms with Crippen molar-refractivity contribution in [2.45, 2.75) is 32.2 Å². The van der Waals surface area contributed by atoms with Crippen molar-refractivity contribution in [1.29, 1.82) is 0 Å². The van der Waals surface area contributed by atoms with Gasteiger partial charge in [-0.15, -0.1) is 0 Å². The molecule has 6 nitrogen and oxygen atoms in total. The van der Waals surface area contributed by atoms with Crippen LogP contribution in [0.3, 0.4) is 0 Å². The minimum Gasteiger partial charge on any atom is -0.467 e. The average Bonchev–Trinajstić information content (AvgIpc) is 2.42. The van der Waals surface area contributed by atoms with E-state index in [0.717, 1.165) is 0 Å². The van der Waals surface area contributed by atoms with Gasteiger partial charge in [0.05, 0.1) is 26.4 Å². The topological polar surface area (TPSA) is 82.1 Å². The predicted octanol–water partition coefficient (Wildman–Crippen LogP) is 0.289. The number of hydrogen-bond acceptors (Lipinski definition) is 6. The van der Waals surface area contributed by atoms with Crippen LogP contribution in [0.25, 0.3) is 0 Å². The van der Waals surface area contributed by atoms with Gasteiger partial charge in [-0.2, -0.15) is 0 Å². The molecule has 0 aromatic rings. The first-order chi connectivity index (χ1) is 8.92. The molecule has 1 heterocycles. The SMILES string of the molecule is COC(=O)/C=C/C1O[C@H](C(=O)OC)[C@H](C)[C@H](O)[C@@H]1C. The van der Waals surface area contributed by atoms with Gasteiger partial charge in [0, 0.05) is 17.9 Å². The normalized spacial score (nSPS) is 35.1. The largest absolute Gasteiger partial charge is 0.467 e. The van der Waals surface area contributed by atoms with Gasteiger partial charge in [-0.25, -0.2) is 9.59 Å². The Kier molecular flexibility index (Phi) is 5.50. The third-order valence-electron chi connectivity index (χ3n) is 3.43. The molecule has 5 atom stereocenters. The van der Waals surface area contributed by atoms with Gasteiger partial charge in [-0.3, -0.25) is 0 Å². The Morgan fingerprint density at radius 2 is 1.79 bits per heavy atom. The van der Waals surface area contributed by atoms with Crippen LogP contribution >= 0.6 is 0 Å². The molecular weight excluding hydrogens is 252 g/mol. The van der Waals surface area contributed by atoms with Gasteiger partial charge in [-0.1, -0.05) is 13.8 Å². The van der Waals surface area contributed by atoms with Gasteiger partial charge < -0.3 is 19.3 Å². The van der Waals surface area contributed by atoms with Crippen molar-refractivity contribution in [1.82, 2.24) is 0 Å². The Morgan fingerprint density at radius 1 is 1.16 bits per heavy atom. The third-order valence-corrected chi connectivity index (χ3v) is 3.43. The molecule has 0 aromatic heterocycles. The van der Waals surface area contributed by atoms with E-state index in [9.17, 15) is 14.7 Å². The highest BCUT2D eigenvalue weighted by Crippen LogP contribution is 2.31. The number of aliphatic hydroxyl groups is 1. The predicted molar refractivity (Wildman–Crippen MR) is 66.2 cm³/mol. The molecule has 1 unspecified atom stereocenters. The van der Waals surface area contributed by atoms with Crippen LogP contribution in [0.15, 0.2) is 12.2 Å². The molecule has 0 saturated carbocycles. The van der Waals surface area contributed by atoms with Gasteiger partial charge in [0.15, 0.2) is 6.10 Å². The van der Waals surface area contributed by atoms with Gasteiger partial charge in [-0.05, 0) is 6.08 Å². The van der Waals surface area contributed by atoms with Crippen LogP contribution in [-0.4, -0.2) is 49.6 Å². The van der Waals surface area contributed by atoms with Crippen LogP contribution in [0, 0.1) is 11.8 Å². The molecule has 19 heavy (non-hydrogen) atoms. The summed E-state index contributed by atoms with van der Waals surface area (Å²) in [5, 5.41) is 10.1. The van der Waals surface area contributed by atoms with Crippen molar-refractivity contribution in [2.75, 3.05) is 14.2 Å². The molecule has 1 aliphatic heterocycles. The van der Waals surface area contributed by atoms with E-state index in [-0.39, 0.29) is 11.8 Å². The van der Waals surface area contributed by atoms with E-state index >= 15 is 0 Å². The summed E-state index contributed by atoms with van der Waals surface area (Å²) in [5.41, 5.74) is 0. The van der Waals surface area contributed by atoms with Crippen LogP contribution in [0.2, 0.25) is 0 Å². The average molecular weight is 272 g/mol. The number of aliphatic hydroxyl groups excluding tert-OH is 1. The first-order valence-corrected chi connectivity index (χ1v) is 6.09. The minimum atomic E-state index is -0.844. The zero-order valence-electron chi connectivity index (χ0n) is 11.5. The summed E-state index contributed by atoms with van der Waals surface area (Å²) in [6.07, 6.45) is 0.600. The number of carbonyl (C=O) groups excluding carboxylic acids is 2. The lowest BCUT2D eigenvalue weighted by atomic mass is 9.82. The van der Waals surface area contributed by atoms with Crippen molar-refractivity contribution in [2.24, 2.45) is 11.8 Å². The van der Waals surface area contributed by atoms with E-state index < -0.39 is 30.3 Å². The second kappa shape index (κ2) is 6.68. The fraction of sp³-hybridized carbons (Fsp3) is 0.692. The Bertz CT molecular complexity index is 364. The molecule has 1 fully saturated rings. The first kappa shape index (κ1) is 15.7. The van der Waals surface area contributed by atoms with Gasteiger partial charge in [0.2, 0.25) is 0 Å². The Hall–Kier alpha value is -1.40. The Labute approximate surface area is 112 Å². The van der Waals surface area contributed by atoms with Crippen molar-refractivity contribution in [3.8, 4) is 0 Å². The molecule has 1 saturated heterocycles. The molecule has 108 valence electrons. The second-order valence-electron chi connectivity index (χ2n) is 4.64. The smallest absolute Gasteiger partial charge is 0.335 e. The van der Waals surface area contributed by atoms with Crippen molar-refractivity contribution < 1.29 is 28.9 Å². The van der Waals surface area contributed by atoms with Gasteiger partial charge >= 0.3 is 11.9 Å². The maximum atomic E-state index is 11.6. The summed E-state index contributed by atoms with van der Waals surface area (Å²) in [6.45, 7) is 3.52. The monoisotopic (exact) mass is 272 g/mol. The van der Waals surface area contributed by atoms with E-state index in [4.69, 9.17) is 4.74 Å². The quantitative estimate of drug-likeness (QED) is 0.587. The zero-order chi connectivity index (χ0) is 14.6. The summed E-state index contributed by atoms with van der Waals surface area (Å²) >= 11 is 0. The molecule has 0 spiro atoms. The van der Waals surface area contributed by atoms with Crippen LogP contribution in [0.4, 0.5) is 0 Å². The summed E-state index contributed by atoms with van der Waals surface area (Å²) in [4.78, 5) is 22.7. The summed E-state index contributed by atoms with van der Waals surface area (Å²) < 4.78 is 14.7. The molecule has 0 amide bonds. The lowest BCUT2D eigenvalue weighted by Gasteiger charge is -2.40.